The van der Waals surface area contributed by atoms with Crippen LogP contribution in [0.4, 0.5) is 5.69 Å². The van der Waals surface area contributed by atoms with Gasteiger partial charge in [-0.1, -0.05) is 55.5 Å². The van der Waals surface area contributed by atoms with Gasteiger partial charge in [-0.2, -0.15) is 0 Å². The van der Waals surface area contributed by atoms with Crippen LogP contribution in [0, 0.1) is 0 Å². The number of hydrogen-bond donors (Lipinski definition) is 1. The number of allylic oxidation sites excluding steroid dienone is 1. The third kappa shape index (κ3) is 5.91. The number of ether oxygens (including phenoxy) is 1. The maximum absolute atomic E-state index is 12.7. The standard InChI is InChI=1S/C29H32N2O2/c1-3-16-31(28-19-25-8-4-5-9-26(25)20-28)17-15-22-7-6-10-27(18-22)30-29(32)24-13-11-23(12-14-24)21-33-2/h4-14,18-19H,3,15-17,20-21H2,1-2H3,(H,30,32). The fraction of sp³-hybridized carbons (Fsp3) is 0.276. The first kappa shape index (κ1) is 22.8. The van der Waals surface area contributed by atoms with Crippen molar-refractivity contribution in [2.24, 2.45) is 0 Å². The van der Waals surface area contributed by atoms with Crippen LogP contribution in [0.2, 0.25) is 0 Å². The summed E-state index contributed by atoms with van der Waals surface area (Å²) < 4.78 is 5.13. The highest BCUT2D eigenvalue weighted by Gasteiger charge is 2.17. The molecule has 0 saturated heterocycles. The molecule has 0 spiro atoms. The van der Waals surface area contributed by atoms with E-state index in [2.05, 4.69) is 59.6 Å². The summed E-state index contributed by atoms with van der Waals surface area (Å²) in [6, 6.07) is 24.3. The zero-order valence-electron chi connectivity index (χ0n) is 19.5. The van der Waals surface area contributed by atoms with E-state index in [1.54, 1.807) is 7.11 Å². The molecule has 4 heteroatoms. The van der Waals surface area contributed by atoms with Gasteiger partial charge in [0, 0.05) is 43.6 Å². The number of fused-ring (bicyclic) bond motifs is 1. The summed E-state index contributed by atoms with van der Waals surface area (Å²) in [5.74, 6) is -0.0994. The molecule has 33 heavy (non-hydrogen) atoms. The number of carbonyl (C=O) groups excluding carboxylic acids is 1. The molecule has 0 bridgehead atoms. The maximum atomic E-state index is 12.7. The molecule has 4 nitrogen and oxygen atoms in total. The SMILES string of the molecule is CCCN(CCc1cccc(NC(=O)c2ccc(COC)cc2)c1)C1=Cc2ccccc2C1. The average molecular weight is 441 g/mol. The smallest absolute Gasteiger partial charge is 0.255 e. The van der Waals surface area contributed by atoms with Gasteiger partial charge >= 0.3 is 0 Å². The van der Waals surface area contributed by atoms with E-state index >= 15 is 0 Å². The molecule has 0 saturated carbocycles. The molecule has 3 aromatic rings. The van der Waals surface area contributed by atoms with E-state index in [9.17, 15) is 4.79 Å². The molecule has 1 N–H and O–H groups in total. The van der Waals surface area contributed by atoms with E-state index in [1.807, 2.05) is 36.4 Å². The molecule has 0 fully saturated rings. The minimum absolute atomic E-state index is 0.0994. The molecule has 0 unspecified atom stereocenters. The van der Waals surface area contributed by atoms with Crippen molar-refractivity contribution in [2.45, 2.75) is 32.8 Å². The molecule has 1 amide bonds. The average Bonchev–Trinajstić information content (AvgIpc) is 3.27. The normalized spacial score (nSPS) is 12.2. The molecule has 0 radical (unpaired) electrons. The second kappa shape index (κ2) is 11.0. The first-order valence-corrected chi connectivity index (χ1v) is 11.7. The Bertz CT molecular complexity index is 1120. The number of benzene rings is 3. The minimum Gasteiger partial charge on any atom is -0.380 e. The van der Waals surface area contributed by atoms with Gasteiger partial charge in [-0.3, -0.25) is 4.79 Å². The fourth-order valence-corrected chi connectivity index (χ4v) is 4.32. The van der Waals surface area contributed by atoms with Crippen molar-refractivity contribution in [1.29, 1.82) is 0 Å². The number of amides is 1. The van der Waals surface area contributed by atoms with Gasteiger partial charge in [-0.15, -0.1) is 0 Å². The van der Waals surface area contributed by atoms with E-state index in [4.69, 9.17) is 4.74 Å². The topological polar surface area (TPSA) is 41.6 Å². The molecular weight excluding hydrogens is 408 g/mol. The van der Waals surface area contributed by atoms with Crippen LogP contribution in [0.25, 0.3) is 6.08 Å². The summed E-state index contributed by atoms with van der Waals surface area (Å²) in [5.41, 5.74) is 7.89. The van der Waals surface area contributed by atoms with E-state index < -0.39 is 0 Å². The summed E-state index contributed by atoms with van der Waals surface area (Å²) in [4.78, 5) is 15.2. The number of nitrogens with zero attached hydrogens (tertiary/aromatic N) is 1. The predicted octanol–water partition coefficient (Wildman–Crippen LogP) is 5.94. The van der Waals surface area contributed by atoms with Crippen LogP contribution in [0.5, 0.6) is 0 Å². The number of methoxy groups -OCH3 is 1. The Morgan fingerprint density at radius 3 is 2.55 bits per heavy atom. The molecular formula is C29H32N2O2. The van der Waals surface area contributed by atoms with E-state index in [0.717, 1.165) is 43.6 Å². The number of nitrogens with one attached hydrogen (secondary N) is 1. The Kier molecular flexibility index (Phi) is 7.59. The molecule has 3 aromatic carbocycles. The Morgan fingerprint density at radius 2 is 1.79 bits per heavy atom. The van der Waals surface area contributed by atoms with Gasteiger partial charge in [0.2, 0.25) is 0 Å². The zero-order chi connectivity index (χ0) is 23.0. The zero-order valence-corrected chi connectivity index (χ0v) is 19.5. The van der Waals surface area contributed by atoms with E-state index in [1.165, 1.54) is 22.4 Å². The van der Waals surface area contributed by atoms with Gasteiger partial charge in [0.05, 0.1) is 6.61 Å². The summed E-state index contributed by atoms with van der Waals surface area (Å²) in [6.07, 6.45) is 5.39. The molecule has 0 atom stereocenters. The van der Waals surface area contributed by atoms with Gasteiger partial charge in [-0.05, 0) is 65.4 Å². The Hall–Kier alpha value is -3.37. The lowest BCUT2D eigenvalue weighted by Gasteiger charge is -2.26. The second-order valence-corrected chi connectivity index (χ2v) is 8.53. The van der Waals surface area contributed by atoms with Gasteiger partial charge in [0.1, 0.15) is 0 Å². The molecule has 0 aromatic heterocycles. The van der Waals surface area contributed by atoms with Gasteiger partial charge in [-0.25, -0.2) is 0 Å². The van der Waals surface area contributed by atoms with Crippen LogP contribution in [-0.4, -0.2) is 31.0 Å². The van der Waals surface area contributed by atoms with Crippen molar-refractivity contribution in [3.8, 4) is 0 Å². The Labute approximate surface area is 196 Å². The number of anilines is 1. The number of carbonyl (C=O) groups is 1. The molecule has 1 aliphatic carbocycles. The third-order valence-corrected chi connectivity index (χ3v) is 6.03. The Morgan fingerprint density at radius 1 is 0.970 bits per heavy atom. The lowest BCUT2D eigenvalue weighted by atomic mass is 10.1. The molecule has 4 rings (SSSR count). The van der Waals surface area contributed by atoms with Crippen molar-refractivity contribution in [1.82, 2.24) is 4.90 Å². The van der Waals surface area contributed by atoms with Gasteiger partial charge in [0.25, 0.3) is 5.91 Å². The minimum atomic E-state index is -0.0994. The van der Waals surface area contributed by atoms with Crippen molar-refractivity contribution < 1.29 is 9.53 Å². The van der Waals surface area contributed by atoms with Gasteiger partial charge < -0.3 is 15.0 Å². The summed E-state index contributed by atoms with van der Waals surface area (Å²) in [7, 11) is 1.67. The lowest BCUT2D eigenvalue weighted by Crippen LogP contribution is -2.26. The Balaban J connectivity index is 1.37. The number of hydrogen-bond acceptors (Lipinski definition) is 3. The largest absolute Gasteiger partial charge is 0.380 e. The van der Waals surface area contributed by atoms with Crippen molar-refractivity contribution in [2.75, 3.05) is 25.5 Å². The summed E-state index contributed by atoms with van der Waals surface area (Å²) >= 11 is 0. The predicted molar refractivity (Wildman–Crippen MR) is 135 cm³/mol. The van der Waals surface area contributed by atoms with Crippen LogP contribution >= 0.6 is 0 Å². The van der Waals surface area contributed by atoms with Crippen LogP contribution in [0.1, 0.15) is 46.0 Å². The van der Waals surface area contributed by atoms with Crippen LogP contribution in [0.3, 0.4) is 0 Å². The van der Waals surface area contributed by atoms with Crippen molar-refractivity contribution in [3.63, 3.8) is 0 Å². The summed E-state index contributed by atoms with van der Waals surface area (Å²) in [5, 5.41) is 3.03. The first-order valence-electron chi connectivity index (χ1n) is 11.7. The number of rotatable bonds is 10. The first-order chi connectivity index (χ1) is 16.2. The third-order valence-electron chi connectivity index (χ3n) is 6.03. The van der Waals surface area contributed by atoms with Crippen LogP contribution in [0.15, 0.2) is 78.5 Å². The van der Waals surface area contributed by atoms with E-state index in [0.29, 0.717) is 12.2 Å². The second-order valence-electron chi connectivity index (χ2n) is 8.53. The van der Waals surface area contributed by atoms with Crippen molar-refractivity contribution >= 4 is 17.7 Å². The maximum Gasteiger partial charge on any atom is 0.255 e. The molecule has 1 aliphatic rings. The molecule has 0 aliphatic heterocycles. The monoisotopic (exact) mass is 440 g/mol. The van der Waals surface area contributed by atoms with Crippen LogP contribution in [-0.2, 0) is 24.2 Å². The highest BCUT2D eigenvalue weighted by molar-refractivity contribution is 6.04. The van der Waals surface area contributed by atoms with Gasteiger partial charge in [0.15, 0.2) is 0 Å². The highest BCUT2D eigenvalue weighted by atomic mass is 16.5. The quantitative estimate of drug-likeness (QED) is 0.424. The molecule has 170 valence electrons. The molecule has 0 heterocycles. The lowest BCUT2D eigenvalue weighted by molar-refractivity contribution is 0.102. The highest BCUT2D eigenvalue weighted by Crippen LogP contribution is 2.27. The van der Waals surface area contributed by atoms with Crippen LogP contribution < -0.4 is 5.32 Å². The van der Waals surface area contributed by atoms with E-state index in [-0.39, 0.29) is 5.91 Å². The summed E-state index contributed by atoms with van der Waals surface area (Å²) in [6.45, 7) is 4.79. The van der Waals surface area contributed by atoms with Crippen molar-refractivity contribution in [3.05, 3.63) is 106 Å². The fourth-order valence-electron chi connectivity index (χ4n) is 4.32.